The smallest absolute Gasteiger partial charge is 0.121 e. The molecular formula is C14H23NO2. The fraction of sp³-hybridized carbons (Fsp3) is 0.571. The fourth-order valence-electron chi connectivity index (χ4n) is 1.55. The molecule has 1 N–H and O–H groups in total. The monoisotopic (exact) mass is 237 g/mol. The number of benzene rings is 1. The van der Waals surface area contributed by atoms with Gasteiger partial charge in [-0.1, -0.05) is 19.9 Å². The van der Waals surface area contributed by atoms with E-state index in [2.05, 4.69) is 25.2 Å². The zero-order chi connectivity index (χ0) is 12.5. The summed E-state index contributed by atoms with van der Waals surface area (Å²) in [4.78, 5) is 0. The Bertz CT molecular complexity index is 315. The lowest BCUT2D eigenvalue weighted by Crippen LogP contribution is -2.15. The van der Waals surface area contributed by atoms with Crippen LogP contribution in [-0.4, -0.2) is 26.9 Å². The number of anilines is 1. The summed E-state index contributed by atoms with van der Waals surface area (Å²) in [5.74, 6) is 1.43. The van der Waals surface area contributed by atoms with Gasteiger partial charge in [0.25, 0.3) is 0 Å². The molecule has 0 heterocycles. The van der Waals surface area contributed by atoms with Crippen LogP contribution in [0.1, 0.15) is 20.3 Å². The normalized spacial score (nSPS) is 12.2. The molecule has 0 aliphatic rings. The van der Waals surface area contributed by atoms with Crippen LogP contribution in [0.5, 0.6) is 5.75 Å². The van der Waals surface area contributed by atoms with E-state index in [1.54, 1.807) is 7.11 Å². The average molecular weight is 237 g/mol. The Labute approximate surface area is 104 Å². The van der Waals surface area contributed by atoms with Crippen LogP contribution >= 0.6 is 0 Å². The first-order chi connectivity index (χ1) is 8.26. The maximum atomic E-state index is 5.59. The molecule has 1 aromatic carbocycles. The predicted octanol–water partition coefficient (Wildman–Crippen LogP) is 3.17. The molecule has 0 radical (unpaired) electrons. The second-order valence-electron chi connectivity index (χ2n) is 4.32. The lowest BCUT2D eigenvalue weighted by molar-refractivity contribution is 0.164. The van der Waals surface area contributed by atoms with Crippen molar-refractivity contribution in [2.24, 2.45) is 5.92 Å². The summed E-state index contributed by atoms with van der Waals surface area (Å²) in [6, 6.07) is 8.08. The molecule has 1 atom stereocenters. The van der Waals surface area contributed by atoms with Crippen molar-refractivity contribution in [2.75, 3.05) is 32.2 Å². The highest BCUT2D eigenvalue weighted by Crippen LogP contribution is 2.17. The Morgan fingerprint density at radius 2 is 2.18 bits per heavy atom. The molecular weight excluding hydrogens is 214 g/mol. The third-order valence-electron chi connectivity index (χ3n) is 2.41. The maximum absolute atomic E-state index is 5.59. The van der Waals surface area contributed by atoms with Crippen LogP contribution in [0.15, 0.2) is 24.3 Å². The number of methoxy groups -OCH3 is 1. The van der Waals surface area contributed by atoms with E-state index >= 15 is 0 Å². The first kappa shape index (κ1) is 13.8. The summed E-state index contributed by atoms with van der Waals surface area (Å²) in [6.07, 6.45) is 1.03. The van der Waals surface area contributed by atoms with E-state index in [0.29, 0.717) is 5.92 Å². The second kappa shape index (κ2) is 7.96. The van der Waals surface area contributed by atoms with E-state index in [9.17, 15) is 0 Å². The lowest BCUT2D eigenvalue weighted by atomic mass is 10.2. The van der Waals surface area contributed by atoms with Gasteiger partial charge in [0.1, 0.15) is 5.75 Å². The summed E-state index contributed by atoms with van der Waals surface area (Å²) < 4.78 is 10.7. The fourth-order valence-corrected chi connectivity index (χ4v) is 1.55. The van der Waals surface area contributed by atoms with Gasteiger partial charge in [-0.15, -0.1) is 0 Å². The van der Waals surface area contributed by atoms with E-state index in [4.69, 9.17) is 9.47 Å². The van der Waals surface area contributed by atoms with E-state index in [1.807, 2.05) is 18.2 Å². The summed E-state index contributed by atoms with van der Waals surface area (Å²) >= 11 is 0. The molecule has 0 saturated carbocycles. The highest BCUT2D eigenvalue weighted by atomic mass is 16.5. The van der Waals surface area contributed by atoms with Gasteiger partial charge < -0.3 is 14.8 Å². The first-order valence-electron chi connectivity index (χ1n) is 6.22. The molecule has 1 unspecified atom stereocenters. The first-order valence-corrected chi connectivity index (χ1v) is 6.22. The zero-order valence-electron chi connectivity index (χ0n) is 11.0. The Hall–Kier alpha value is -1.22. The van der Waals surface area contributed by atoms with Crippen molar-refractivity contribution < 1.29 is 9.47 Å². The molecule has 3 heteroatoms. The SMILES string of the molecule is CCCOc1cccc(NCC(C)COC)c1. The molecule has 3 nitrogen and oxygen atoms in total. The van der Waals surface area contributed by atoms with Crippen LogP contribution in [0.3, 0.4) is 0 Å². The van der Waals surface area contributed by atoms with Crippen LogP contribution in [0, 0.1) is 5.92 Å². The molecule has 0 aliphatic carbocycles. The summed E-state index contributed by atoms with van der Waals surface area (Å²) in [7, 11) is 1.73. The van der Waals surface area contributed by atoms with Crippen molar-refractivity contribution in [1.82, 2.24) is 0 Å². The van der Waals surface area contributed by atoms with Crippen molar-refractivity contribution in [1.29, 1.82) is 0 Å². The van der Waals surface area contributed by atoms with E-state index in [0.717, 1.165) is 37.6 Å². The van der Waals surface area contributed by atoms with Gasteiger partial charge in [0.2, 0.25) is 0 Å². The van der Waals surface area contributed by atoms with Crippen LogP contribution in [-0.2, 0) is 4.74 Å². The van der Waals surface area contributed by atoms with Crippen molar-refractivity contribution >= 4 is 5.69 Å². The lowest BCUT2D eigenvalue weighted by Gasteiger charge is -2.13. The average Bonchev–Trinajstić information content (AvgIpc) is 2.35. The van der Waals surface area contributed by atoms with E-state index in [-0.39, 0.29) is 0 Å². The minimum atomic E-state index is 0.500. The van der Waals surface area contributed by atoms with Crippen molar-refractivity contribution in [2.45, 2.75) is 20.3 Å². The molecule has 1 aromatic rings. The second-order valence-corrected chi connectivity index (χ2v) is 4.32. The molecule has 0 amide bonds. The molecule has 0 saturated heterocycles. The predicted molar refractivity (Wildman–Crippen MR) is 71.8 cm³/mol. The topological polar surface area (TPSA) is 30.5 Å². The minimum absolute atomic E-state index is 0.500. The molecule has 1 rings (SSSR count). The molecule has 0 spiro atoms. The standard InChI is InChI=1S/C14H23NO2/c1-4-8-17-14-7-5-6-13(9-14)15-10-12(2)11-16-3/h5-7,9,12,15H,4,8,10-11H2,1-3H3. The van der Waals surface area contributed by atoms with Crippen LogP contribution < -0.4 is 10.1 Å². The maximum Gasteiger partial charge on any atom is 0.121 e. The summed E-state index contributed by atoms with van der Waals surface area (Å²) in [5, 5.41) is 3.39. The van der Waals surface area contributed by atoms with Gasteiger partial charge in [-0.2, -0.15) is 0 Å². The molecule has 96 valence electrons. The van der Waals surface area contributed by atoms with Crippen LogP contribution in [0.4, 0.5) is 5.69 Å². The van der Waals surface area contributed by atoms with Gasteiger partial charge in [-0.25, -0.2) is 0 Å². The van der Waals surface area contributed by atoms with Crippen LogP contribution in [0.25, 0.3) is 0 Å². The minimum Gasteiger partial charge on any atom is -0.494 e. The van der Waals surface area contributed by atoms with Gasteiger partial charge in [0, 0.05) is 25.4 Å². The Morgan fingerprint density at radius 3 is 2.88 bits per heavy atom. The van der Waals surface area contributed by atoms with Gasteiger partial charge in [0.05, 0.1) is 13.2 Å². The summed E-state index contributed by atoms with van der Waals surface area (Å²) in [6.45, 7) is 6.72. The van der Waals surface area contributed by atoms with Crippen LogP contribution in [0.2, 0.25) is 0 Å². The third kappa shape index (κ3) is 5.59. The molecule has 0 bridgehead atoms. The molecule has 0 fully saturated rings. The van der Waals surface area contributed by atoms with E-state index < -0.39 is 0 Å². The van der Waals surface area contributed by atoms with Gasteiger partial charge in [-0.05, 0) is 24.5 Å². The zero-order valence-corrected chi connectivity index (χ0v) is 11.0. The number of hydrogen-bond donors (Lipinski definition) is 1. The largest absolute Gasteiger partial charge is 0.494 e. The van der Waals surface area contributed by atoms with Crippen molar-refractivity contribution in [3.8, 4) is 5.75 Å². The quantitative estimate of drug-likeness (QED) is 0.753. The number of rotatable bonds is 8. The Morgan fingerprint density at radius 1 is 1.35 bits per heavy atom. The molecule has 0 aliphatic heterocycles. The molecule has 17 heavy (non-hydrogen) atoms. The highest BCUT2D eigenvalue weighted by molar-refractivity contribution is 5.48. The van der Waals surface area contributed by atoms with Gasteiger partial charge in [-0.3, -0.25) is 0 Å². The Balaban J connectivity index is 2.42. The van der Waals surface area contributed by atoms with Crippen molar-refractivity contribution in [3.63, 3.8) is 0 Å². The summed E-state index contributed by atoms with van der Waals surface area (Å²) in [5.41, 5.74) is 1.10. The van der Waals surface area contributed by atoms with Crippen molar-refractivity contribution in [3.05, 3.63) is 24.3 Å². The number of hydrogen-bond acceptors (Lipinski definition) is 3. The molecule has 0 aromatic heterocycles. The highest BCUT2D eigenvalue weighted by Gasteiger charge is 2.01. The van der Waals surface area contributed by atoms with Gasteiger partial charge in [0.15, 0.2) is 0 Å². The Kier molecular flexibility index (Phi) is 6.48. The number of ether oxygens (including phenoxy) is 2. The number of nitrogens with one attached hydrogen (secondary N) is 1. The van der Waals surface area contributed by atoms with Gasteiger partial charge >= 0.3 is 0 Å². The third-order valence-corrected chi connectivity index (χ3v) is 2.41. The van der Waals surface area contributed by atoms with E-state index in [1.165, 1.54) is 0 Å².